The van der Waals surface area contributed by atoms with Crippen LogP contribution in [0.4, 0.5) is 0 Å². The normalized spacial score (nSPS) is 14.1. The van der Waals surface area contributed by atoms with E-state index in [0.717, 1.165) is 16.3 Å². The molecular formula is C12H8O2. The van der Waals surface area contributed by atoms with E-state index in [-0.39, 0.29) is 5.97 Å². The van der Waals surface area contributed by atoms with Crippen molar-refractivity contribution in [1.29, 1.82) is 0 Å². The summed E-state index contributed by atoms with van der Waals surface area (Å²) in [6, 6.07) is 12.0. The zero-order valence-corrected chi connectivity index (χ0v) is 7.49. The Morgan fingerprint density at radius 2 is 1.79 bits per heavy atom. The van der Waals surface area contributed by atoms with Crippen molar-refractivity contribution in [2.24, 2.45) is 0 Å². The van der Waals surface area contributed by atoms with Gasteiger partial charge in [0.1, 0.15) is 5.75 Å². The molecule has 1 heterocycles. The Bertz CT molecular complexity index is 482. The lowest BCUT2D eigenvalue weighted by Gasteiger charge is -2.00. The van der Waals surface area contributed by atoms with Crippen molar-refractivity contribution in [1.82, 2.24) is 0 Å². The van der Waals surface area contributed by atoms with E-state index in [2.05, 4.69) is 0 Å². The minimum atomic E-state index is -0.157. The van der Waals surface area contributed by atoms with E-state index in [1.165, 1.54) is 0 Å². The quantitative estimate of drug-likeness (QED) is 0.464. The van der Waals surface area contributed by atoms with E-state index < -0.39 is 0 Å². The summed E-state index contributed by atoms with van der Waals surface area (Å²) in [5.41, 5.74) is 0.994. The number of fused-ring (bicyclic) bond motifs is 2. The van der Waals surface area contributed by atoms with E-state index in [9.17, 15) is 4.79 Å². The standard InChI is InChI=1S/C12H8O2/c13-12-7-10-5-8-3-1-2-4-9(8)6-11(10)14-12/h1-6H,7H2. The molecule has 2 nitrogen and oxygen atoms in total. The molecule has 3 rings (SSSR count). The van der Waals surface area contributed by atoms with Crippen molar-refractivity contribution in [3.05, 3.63) is 42.0 Å². The molecule has 0 spiro atoms. The Balaban J connectivity index is 2.31. The number of esters is 1. The van der Waals surface area contributed by atoms with Gasteiger partial charge >= 0.3 is 5.97 Å². The first-order valence-corrected chi connectivity index (χ1v) is 4.55. The Morgan fingerprint density at radius 3 is 2.57 bits per heavy atom. The SMILES string of the molecule is O=C1Cc2cc3ccccc3cc2O1. The van der Waals surface area contributed by atoms with Crippen LogP contribution in [-0.4, -0.2) is 5.97 Å². The second-order valence-electron chi connectivity index (χ2n) is 3.46. The van der Waals surface area contributed by atoms with E-state index in [0.29, 0.717) is 12.2 Å². The highest BCUT2D eigenvalue weighted by atomic mass is 16.5. The number of hydrogen-bond acceptors (Lipinski definition) is 2. The largest absolute Gasteiger partial charge is 0.426 e. The van der Waals surface area contributed by atoms with Crippen molar-refractivity contribution >= 4 is 16.7 Å². The van der Waals surface area contributed by atoms with Gasteiger partial charge in [0.25, 0.3) is 0 Å². The minimum absolute atomic E-state index is 0.157. The molecule has 0 atom stereocenters. The van der Waals surface area contributed by atoms with Crippen LogP contribution in [0.25, 0.3) is 10.8 Å². The Kier molecular flexibility index (Phi) is 1.39. The third-order valence-electron chi connectivity index (χ3n) is 2.49. The molecule has 2 aromatic rings. The molecule has 0 radical (unpaired) electrons. The summed E-state index contributed by atoms with van der Waals surface area (Å²) >= 11 is 0. The van der Waals surface area contributed by atoms with Crippen molar-refractivity contribution in [3.63, 3.8) is 0 Å². The molecule has 0 saturated heterocycles. The van der Waals surface area contributed by atoms with Gasteiger partial charge in [-0.3, -0.25) is 4.79 Å². The maximum atomic E-state index is 11.1. The minimum Gasteiger partial charge on any atom is -0.426 e. The lowest BCUT2D eigenvalue weighted by atomic mass is 10.1. The van der Waals surface area contributed by atoms with Crippen molar-refractivity contribution < 1.29 is 9.53 Å². The fourth-order valence-corrected chi connectivity index (χ4v) is 1.81. The van der Waals surface area contributed by atoms with Gasteiger partial charge in [0.2, 0.25) is 0 Å². The predicted molar refractivity (Wildman–Crippen MR) is 53.3 cm³/mol. The van der Waals surface area contributed by atoms with Crippen molar-refractivity contribution in [3.8, 4) is 5.75 Å². The van der Waals surface area contributed by atoms with Crippen LogP contribution in [0.2, 0.25) is 0 Å². The predicted octanol–water partition coefficient (Wildman–Crippen LogP) is 2.30. The van der Waals surface area contributed by atoms with Crippen LogP contribution < -0.4 is 4.74 Å². The second-order valence-corrected chi connectivity index (χ2v) is 3.46. The lowest BCUT2D eigenvalue weighted by molar-refractivity contribution is -0.131. The maximum Gasteiger partial charge on any atom is 0.315 e. The number of carbonyl (C=O) groups excluding carboxylic acids is 1. The second kappa shape index (κ2) is 2.58. The average Bonchev–Trinajstić information content (AvgIpc) is 2.53. The summed E-state index contributed by atoms with van der Waals surface area (Å²) in [6.45, 7) is 0. The molecule has 1 aliphatic rings. The summed E-state index contributed by atoms with van der Waals surface area (Å²) < 4.78 is 5.08. The molecule has 14 heavy (non-hydrogen) atoms. The Hall–Kier alpha value is -1.83. The van der Waals surface area contributed by atoms with Gasteiger partial charge in [-0.1, -0.05) is 24.3 Å². The van der Waals surface area contributed by atoms with Crippen molar-refractivity contribution in [2.75, 3.05) is 0 Å². The summed E-state index contributed by atoms with van der Waals surface area (Å²) in [4.78, 5) is 11.1. The van der Waals surface area contributed by atoms with Gasteiger partial charge < -0.3 is 4.74 Å². The van der Waals surface area contributed by atoms with Gasteiger partial charge in [0.05, 0.1) is 6.42 Å². The summed E-state index contributed by atoms with van der Waals surface area (Å²) in [6.07, 6.45) is 0.403. The monoisotopic (exact) mass is 184 g/mol. The summed E-state index contributed by atoms with van der Waals surface area (Å²) in [5.74, 6) is 0.559. The van der Waals surface area contributed by atoms with Crippen LogP contribution in [-0.2, 0) is 11.2 Å². The van der Waals surface area contributed by atoms with Crippen LogP contribution in [0, 0.1) is 0 Å². The van der Waals surface area contributed by atoms with Gasteiger partial charge in [0.15, 0.2) is 0 Å². The lowest BCUT2D eigenvalue weighted by Crippen LogP contribution is -2.00. The number of benzene rings is 2. The van der Waals surface area contributed by atoms with Crippen molar-refractivity contribution in [2.45, 2.75) is 6.42 Å². The summed E-state index contributed by atoms with van der Waals surface area (Å²) in [7, 11) is 0. The Labute approximate surface area is 81.1 Å². The third-order valence-corrected chi connectivity index (χ3v) is 2.49. The van der Waals surface area contributed by atoms with Gasteiger partial charge in [-0.15, -0.1) is 0 Å². The van der Waals surface area contributed by atoms with Gasteiger partial charge in [-0.25, -0.2) is 0 Å². The van der Waals surface area contributed by atoms with Crippen LogP contribution in [0.15, 0.2) is 36.4 Å². The van der Waals surface area contributed by atoms with Crippen LogP contribution in [0.5, 0.6) is 5.75 Å². The first-order valence-electron chi connectivity index (χ1n) is 4.55. The number of rotatable bonds is 0. The number of ether oxygens (including phenoxy) is 1. The maximum absolute atomic E-state index is 11.1. The Morgan fingerprint density at radius 1 is 1.07 bits per heavy atom. The highest BCUT2D eigenvalue weighted by Crippen LogP contribution is 2.30. The van der Waals surface area contributed by atoms with E-state index in [1.807, 2.05) is 36.4 Å². The zero-order chi connectivity index (χ0) is 9.54. The van der Waals surface area contributed by atoms with Gasteiger partial charge in [-0.05, 0) is 22.9 Å². The molecule has 0 unspecified atom stereocenters. The van der Waals surface area contributed by atoms with E-state index in [4.69, 9.17) is 4.74 Å². The van der Waals surface area contributed by atoms with Crippen LogP contribution >= 0.6 is 0 Å². The molecule has 1 aliphatic heterocycles. The fourth-order valence-electron chi connectivity index (χ4n) is 1.81. The molecular weight excluding hydrogens is 176 g/mol. The number of hydrogen-bond donors (Lipinski definition) is 0. The molecule has 2 heteroatoms. The van der Waals surface area contributed by atoms with Crippen LogP contribution in [0.1, 0.15) is 5.56 Å². The first kappa shape index (κ1) is 7.56. The molecule has 0 bridgehead atoms. The van der Waals surface area contributed by atoms with Crippen LogP contribution in [0.3, 0.4) is 0 Å². The molecule has 0 aliphatic carbocycles. The molecule has 68 valence electrons. The molecule has 0 saturated carbocycles. The summed E-state index contributed by atoms with van der Waals surface area (Å²) in [5, 5.41) is 2.27. The number of carbonyl (C=O) groups is 1. The molecule has 0 fully saturated rings. The topological polar surface area (TPSA) is 26.3 Å². The fraction of sp³-hybridized carbons (Fsp3) is 0.0833. The van der Waals surface area contributed by atoms with E-state index >= 15 is 0 Å². The average molecular weight is 184 g/mol. The highest BCUT2D eigenvalue weighted by molar-refractivity contribution is 5.90. The van der Waals surface area contributed by atoms with Gasteiger partial charge in [0, 0.05) is 5.56 Å². The smallest absolute Gasteiger partial charge is 0.315 e. The van der Waals surface area contributed by atoms with Gasteiger partial charge in [-0.2, -0.15) is 0 Å². The van der Waals surface area contributed by atoms with E-state index in [1.54, 1.807) is 0 Å². The molecule has 0 N–H and O–H groups in total. The highest BCUT2D eigenvalue weighted by Gasteiger charge is 2.20. The molecule has 0 amide bonds. The first-order chi connectivity index (χ1) is 6.83. The molecule has 2 aromatic carbocycles. The molecule has 0 aromatic heterocycles. The zero-order valence-electron chi connectivity index (χ0n) is 7.49. The third kappa shape index (κ3) is 1.01.